The maximum absolute atomic E-state index is 12.8. The molecule has 1 aliphatic carbocycles. The maximum Gasteiger partial charge on any atom is 0.248 e. The minimum absolute atomic E-state index is 0.0214. The lowest BCUT2D eigenvalue weighted by Crippen LogP contribution is -2.19. The van der Waals surface area contributed by atoms with Crippen molar-refractivity contribution in [2.75, 3.05) is 10.6 Å². The van der Waals surface area contributed by atoms with E-state index in [0.29, 0.717) is 23.9 Å². The molecule has 202 valence electrons. The van der Waals surface area contributed by atoms with Crippen LogP contribution in [0.1, 0.15) is 95.4 Å². The summed E-state index contributed by atoms with van der Waals surface area (Å²) in [5.41, 5.74) is 6.27. The molecule has 2 amide bonds. The number of hydrogen-bond donors (Lipinski definition) is 2. The number of aromatic nitrogens is 1. The highest BCUT2D eigenvalue weighted by atomic mass is 16.2. The van der Waals surface area contributed by atoms with Crippen molar-refractivity contribution in [1.82, 2.24) is 4.57 Å². The van der Waals surface area contributed by atoms with Crippen molar-refractivity contribution < 1.29 is 9.59 Å². The molecule has 2 aliphatic rings. The molecule has 0 bridgehead atoms. The number of benzene rings is 2. The van der Waals surface area contributed by atoms with E-state index in [1.165, 1.54) is 48.6 Å². The Labute approximate surface area is 227 Å². The third-order valence-electron chi connectivity index (χ3n) is 7.98. The van der Waals surface area contributed by atoms with Gasteiger partial charge in [0.2, 0.25) is 11.8 Å². The second-order valence-corrected chi connectivity index (χ2v) is 10.6. The molecule has 0 spiro atoms. The van der Waals surface area contributed by atoms with E-state index in [9.17, 15) is 9.59 Å². The van der Waals surface area contributed by atoms with Gasteiger partial charge in [-0.2, -0.15) is 0 Å². The minimum Gasteiger partial charge on any atom is -0.341 e. The van der Waals surface area contributed by atoms with Gasteiger partial charge in [0.05, 0.1) is 0 Å². The van der Waals surface area contributed by atoms with Gasteiger partial charge in [-0.3, -0.25) is 9.59 Å². The number of rotatable bonds is 7. The SMILES string of the molecule is CC.CCC(C)c1ccc2c(c1)cc(/C=C/C(=O)Nc1ccc3c(c1)NC(=O)CC3)n2CC1CCCCC1. The van der Waals surface area contributed by atoms with Crippen LogP contribution in [0.25, 0.3) is 17.0 Å². The van der Waals surface area contributed by atoms with Crippen molar-refractivity contribution in [3.05, 3.63) is 65.4 Å². The molecule has 5 rings (SSSR count). The number of anilines is 2. The van der Waals surface area contributed by atoms with Crippen molar-refractivity contribution in [2.24, 2.45) is 5.92 Å². The van der Waals surface area contributed by atoms with Gasteiger partial charge in [0, 0.05) is 47.0 Å². The normalized spacial score (nSPS) is 16.5. The van der Waals surface area contributed by atoms with Gasteiger partial charge in [0.15, 0.2) is 0 Å². The highest BCUT2D eigenvalue weighted by molar-refractivity contribution is 6.03. The van der Waals surface area contributed by atoms with Crippen LogP contribution in [-0.4, -0.2) is 16.4 Å². The minimum atomic E-state index is -0.174. The molecule has 5 nitrogen and oxygen atoms in total. The average Bonchev–Trinajstić information content (AvgIpc) is 3.29. The summed E-state index contributed by atoms with van der Waals surface area (Å²) in [6, 6.07) is 14.8. The number of fused-ring (bicyclic) bond motifs is 2. The first-order chi connectivity index (χ1) is 18.5. The summed E-state index contributed by atoms with van der Waals surface area (Å²) in [5.74, 6) is 1.07. The quantitative estimate of drug-likeness (QED) is 0.312. The van der Waals surface area contributed by atoms with E-state index in [2.05, 4.69) is 53.3 Å². The third kappa shape index (κ3) is 6.56. The molecule has 2 heterocycles. The maximum atomic E-state index is 12.8. The molecular weight excluding hydrogens is 470 g/mol. The van der Waals surface area contributed by atoms with Gasteiger partial charge in [-0.25, -0.2) is 0 Å². The molecule has 5 heteroatoms. The Morgan fingerprint density at radius 1 is 1.08 bits per heavy atom. The Morgan fingerprint density at radius 2 is 1.87 bits per heavy atom. The Balaban J connectivity index is 0.00000164. The number of carbonyl (C=O) groups excluding carboxylic acids is 2. The third-order valence-corrected chi connectivity index (χ3v) is 7.98. The Kier molecular flexibility index (Phi) is 9.43. The van der Waals surface area contributed by atoms with Crippen molar-refractivity contribution >= 4 is 40.2 Å². The summed E-state index contributed by atoms with van der Waals surface area (Å²) in [5, 5.41) is 7.10. The van der Waals surface area contributed by atoms with E-state index in [0.717, 1.165) is 36.3 Å². The van der Waals surface area contributed by atoms with Crippen molar-refractivity contribution in [2.45, 2.75) is 91.5 Å². The standard InChI is InChI=1S/C31H37N3O2.C2H6/c1-3-21(2)24-10-14-29-25(17-24)18-27(34(29)20-22-7-5-4-6-8-22)13-16-30(35)32-26-12-9-23-11-15-31(36)33-28(23)19-26;1-2/h9-10,12-14,16-19,21-22H,3-8,11,15,20H2,1-2H3,(H,32,35)(H,33,36);1-2H3/b16-13+;. The molecule has 1 saturated carbocycles. The topological polar surface area (TPSA) is 63.1 Å². The summed E-state index contributed by atoms with van der Waals surface area (Å²) in [7, 11) is 0. The van der Waals surface area contributed by atoms with Crippen LogP contribution in [0.15, 0.2) is 48.5 Å². The fourth-order valence-corrected chi connectivity index (χ4v) is 5.62. The number of carbonyl (C=O) groups is 2. The highest BCUT2D eigenvalue weighted by Gasteiger charge is 2.18. The second-order valence-electron chi connectivity index (χ2n) is 10.6. The van der Waals surface area contributed by atoms with Crippen molar-refractivity contribution in [3.8, 4) is 0 Å². The predicted molar refractivity (Wildman–Crippen MR) is 160 cm³/mol. The van der Waals surface area contributed by atoms with Crippen LogP contribution in [0, 0.1) is 5.92 Å². The summed E-state index contributed by atoms with van der Waals surface area (Å²) in [6.45, 7) is 9.50. The lowest BCUT2D eigenvalue weighted by molar-refractivity contribution is -0.116. The van der Waals surface area contributed by atoms with Crippen LogP contribution < -0.4 is 10.6 Å². The fraction of sp³-hybridized carbons (Fsp3) is 0.455. The second kappa shape index (κ2) is 12.9. The van der Waals surface area contributed by atoms with Crippen molar-refractivity contribution in [1.29, 1.82) is 0 Å². The zero-order valence-corrected chi connectivity index (χ0v) is 23.5. The van der Waals surface area contributed by atoms with E-state index >= 15 is 0 Å². The monoisotopic (exact) mass is 513 g/mol. The molecule has 1 atom stereocenters. The van der Waals surface area contributed by atoms with E-state index in [-0.39, 0.29) is 11.8 Å². The first kappa shape index (κ1) is 27.7. The number of nitrogens with zero attached hydrogens (tertiary/aromatic N) is 1. The Morgan fingerprint density at radius 3 is 2.63 bits per heavy atom. The Hall–Kier alpha value is -3.34. The van der Waals surface area contributed by atoms with Crippen LogP contribution in [-0.2, 0) is 22.6 Å². The number of hydrogen-bond acceptors (Lipinski definition) is 2. The molecule has 38 heavy (non-hydrogen) atoms. The van der Waals surface area contributed by atoms with Crippen molar-refractivity contribution in [3.63, 3.8) is 0 Å². The smallest absolute Gasteiger partial charge is 0.248 e. The zero-order valence-electron chi connectivity index (χ0n) is 23.5. The predicted octanol–water partition coefficient (Wildman–Crippen LogP) is 8.30. The van der Waals surface area contributed by atoms with Gasteiger partial charge < -0.3 is 15.2 Å². The largest absolute Gasteiger partial charge is 0.341 e. The molecule has 3 aromatic rings. The first-order valence-electron chi connectivity index (χ1n) is 14.5. The molecule has 1 unspecified atom stereocenters. The number of amides is 2. The summed E-state index contributed by atoms with van der Waals surface area (Å²) >= 11 is 0. The van der Waals surface area contributed by atoms with Crippen LogP contribution in [0.3, 0.4) is 0 Å². The molecule has 0 saturated heterocycles. The van der Waals surface area contributed by atoms with Crippen LogP contribution in [0.2, 0.25) is 0 Å². The van der Waals surface area contributed by atoms with Gasteiger partial charge in [0.1, 0.15) is 0 Å². The summed E-state index contributed by atoms with van der Waals surface area (Å²) < 4.78 is 2.41. The lowest BCUT2D eigenvalue weighted by atomic mass is 9.89. The molecule has 1 aliphatic heterocycles. The molecule has 0 radical (unpaired) electrons. The first-order valence-corrected chi connectivity index (χ1v) is 14.5. The van der Waals surface area contributed by atoms with Gasteiger partial charge in [0.25, 0.3) is 0 Å². The van der Waals surface area contributed by atoms with Gasteiger partial charge in [-0.15, -0.1) is 0 Å². The number of nitrogens with one attached hydrogen (secondary N) is 2. The van der Waals surface area contributed by atoms with E-state index in [1.54, 1.807) is 6.08 Å². The number of aryl methyl sites for hydroxylation is 1. The van der Waals surface area contributed by atoms with E-state index in [4.69, 9.17) is 0 Å². The fourth-order valence-electron chi connectivity index (χ4n) is 5.62. The van der Waals surface area contributed by atoms with E-state index < -0.39 is 0 Å². The van der Waals surface area contributed by atoms with Crippen LogP contribution in [0.5, 0.6) is 0 Å². The summed E-state index contributed by atoms with van der Waals surface area (Å²) in [6.07, 6.45) is 12.5. The Bertz CT molecular complexity index is 1300. The lowest BCUT2D eigenvalue weighted by Gasteiger charge is -2.23. The zero-order chi connectivity index (χ0) is 27.1. The van der Waals surface area contributed by atoms with Crippen LogP contribution in [0.4, 0.5) is 11.4 Å². The average molecular weight is 514 g/mol. The highest BCUT2D eigenvalue weighted by Crippen LogP contribution is 2.31. The van der Waals surface area contributed by atoms with Gasteiger partial charge in [-0.1, -0.05) is 59.1 Å². The molecular formula is C33H43N3O2. The summed E-state index contributed by atoms with van der Waals surface area (Å²) in [4.78, 5) is 24.6. The molecule has 1 fully saturated rings. The van der Waals surface area contributed by atoms with Gasteiger partial charge in [-0.05, 0) is 85.1 Å². The van der Waals surface area contributed by atoms with Gasteiger partial charge >= 0.3 is 0 Å². The van der Waals surface area contributed by atoms with Crippen LogP contribution >= 0.6 is 0 Å². The van der Waals surface area contributed by atoms with E-state index in [1.807, 2.05) is 38.1 Å². The molecule has 2 aromatic carbocycles. The molecule has 2 N–H and O–H groups in total. The molecule has 1 aromatic heterocycles.